The third-order valence-corrected chi connectivity index (χ3v) is 5.64. The summed E-state index contributed by atoms with van der Waals surface area (Å²) in [6.07, 6.45) is 19.5. The first-order chi connectivity index (χ1) is 15.6. The van der Waals surface area contributed by atoms with Crippen LogP contribution in [0.5, 0.6) is 5.75 Å². The number of rotatable bonds is 6. The summed E-state index contributed by atoms with van der Waals surface area (Å²) >= 11 is 0. The summed E-state index contributed by atoms with van der Waals surface area (Å²) in [6, 6.07) is 6.14. The van der Waals surface area contributed by atoms with Gasteiger partial charge < -0.3 is 20.4 Å². The van der Waals surface area contributed by atoms with E-state index >= 15 is 0 Å². The molecular formula is C26H31N5O. The topological polar surface area (TPSA) is 77.5 Å². The minimum absolute atomic E-state index is 0.0853. The summed E-state index contributed by atoms with van der Waals surface area (Å²) in [5.74, 6) is 1.75. The van der Waals surface area contributed by atoms with Crippen molar-refractivity contribution in [2.24, 2.45) is 10.7 Å². The Hall–Kier alpha value is -3.38. The maximum Gasteiger partial charge on any atom is 0.143 e. The Morgan fingerprint density at radius 2 is 2.22 bits per heavy atom. The molecule has 0 fully saturated rings. The van der Waals surface area contributed by atoms with Crippen molar-refractivity contribution in [3.63, 3.8) is 0 Å². The van der Waals surface area contributed by atoms with Gasteiger partial charge in [-0.3, -0.25) is 4.99 Å². The lowest BCUT2D eigenvalue weighted by Gasteiger charge is -2.21. The molecule has 1 atom stereocenters. The quantitative estimate of drug-likeness (QED) is 0.724. The number of aliphatic imine (C=N–C) groups is 1. The van der Waals surface area contributed by atoms with Crippen LogP contribution in [0.2, 0.25) is 0 Å². The standard InChI is InChI=1S/C26H31N5O/c1-19-17-31(18-30-19)24-12-11-20(15-25(24)32-2)14-22-10-7-13-28-26(22)29-16-23(27)21-8-5-3-4-6-9-21/h3,5-6,8-9,11-12,14-15,17-18,23H,4,7,10,13,16,27H2,1-2H3,(H,28,29)/b22-14+. The zero-order valence-electron chi connectivity index (χ0n) is 18.8. The van der Waals surface area contributed by atoms with E-state index in [1.165, 1.54) is 5.57 Å². The van der Waals surface area contributed by atoms with E-state index in [9.17, 15) is 0 Å². The first kappa shape index (κ1) is 21.8. The molecule has 166 valence electrons. The lowest BCUT2D eigenvalue weighted by atomic mass is 10.0. The van der Waals surface area contributed by atoms with Crippen LogP contribution in [0.25, 0.3) is 11.8 Å². The highest BCUT2D eigenvalue weighted by atomic mass is 16.5. The van der Waals surface area contributed by atoms with Crippen LogP contribution in [-0.2, 0) is 0 Å². The third kappa shape index (κ3) is 5.26. The number of nitrogens with two attached hydrogens (primary N) is 1. The molecule has 2 aromatic rings. The summed E-state index contributed by atoms with van der Waals surface area (Å²) < 4.78 is 7.64. The SMILES string of the molecule is COc1cc(/C=C2\CCCN=C2NCC(N)C2=CC=CCC=C2)ccc1-n1cnc(C)c1. The molecule has 4 rings (SSSR count). The highest BCUT2D eigenvalue weighted by Gasteiger charge is 2.15. The van der Waals surface area contributed by atoms with Crippen LogP contribution in [0.1, 0.15) is 30.5 Å². The Morgan fingerprint density at radius 1 is 1.31 bits per heavy atom. The highest BCUT2D eigenvalue weighted by Crippen LogP contribution is 2.27. The molecule has 1 aromatic heterocycles. The van der Waals surface area contributed by atoms with E-state index in [-0.39, 0.29) is 6.04 Å². The van der Waals surface area contributed by atoms with E-state index in [1.807, 2.05) is 17.7 Å². The van der Waals surface area contributed by atoms with Crippen molar-refractivity contribution in [3.8, 4) is 11.4 Å². The third-order valence-electron chi connectivity index (χ3n) is 5.64. The van der Waals surface area contributed by atoms with Crippen molar-refractivity contribution in [1.82, 2.24) is 14.9 Å². The molecule has 1 unspecified atom stereocenters. The number of aromatic nitrogens is 2. The van der Waals surface area contributed by atoms with Crippen LogP contribution in [0, 0.1) is 6.92 Å². The minimum atomic E-state index is -0.0853. The van der Waals surface area contributed by atoms with Crippen molar-refractivity contribution >= 4 is 11.9 Å². The predicted molar refractivity (Wildman–Crippen MR) is 131 cm³/mol. The molecule has 6 heteroatoms. The van der Waals surface area contributed by atoms with Gasteiger partial charge in [0.05, 0.1) is 24.8 Å². The zero-order valence-corrected chi connectivity index (χ0v) is 18.8. The van der Waals surface area contributed by atoms with Gasteiger partial charge in [-0.2, -0.15) is 0 Å². The molecule has 1 aliphatic carbocycles. The van der Waals surface area contributed by atoms with Gasteiger partial charge in [-0.15, -0.1) is 0 Å². The molecule has 2 aliphatic rings. The Morgan fingerprint density at radius 3 is 3.03 bits per heavy atom. The van der Waals surface area contributed by atoms with E-state index in [2.05, 4.69) is 65.0 Å². The lowest BCUT2D eigenvalue weighted by Crippen LogP contribution is -2.39. The molecule has 0 saturated heterocycles. The number of imidazole rings is 1. The number of nitrogens with zero attached hydrogens (tertiary/aromatic N) is 3. The van der Waals surface area contributed by atoms with Gasteiger partial charge in [0.1, 0.15) is 11.6 Å². The summed E-state index contributed by atoms with van der Waals surface area (Å²) in [7, 11) is 1.70. The summed E-state index contributed by atoms with van der Waals surface area (Å²) in [6.45, 7) is 3.45. The molecule has 1 aliphatic heterocycles. The van der Waals surface area contributed by atoms with Crippen LogP contribution in [0.15, 0.2) is 77.2 Å². The second-order valence-electron chi connectivity index (χ2n) is 8.08. The van der Waals surface area contributed by atoms with E-state index in [1.54, 1.807) is 13.4 Å². The number of nitrogens with one attached hydrogen (secondary N) is 1. The van der Waals surface area contributed by atoms with Gasteiger partial charge in [-0.1, -0.05) is 36.4 Å². The van der Waals surface area contributed by atoms with Gasteiger partial charge in [0, 0.05) is 25.3 Å². The zero-order chi connectivity index (χ0) is 22.3. The fourth-order valence-corrected chi connectivity index (χ4v) is 3.91. The van der Waals surface area contributed by atoms with Crippen LogP contribution >= 0.6 is 0 Å². The average molecular weight is 430 g/mol. The molecule has 0 radical (unpaired) electrons. The normalized spacial score (nSPS) is 18.2. The van der Waals surface area contributed by atoms with Gasteiger partial charge >= 0.3 is 0 Å². The molecule has 32 heavy (non-hydrogen) atoms. The minimum Gasteiger partial charge on any atom is -0.495 e. The maximum atomic E-state index is 6.43. The Kier molecular flexibility index (Phi) is 7.02. The molecule has 0 amide bonds. The molecular weight excluding hydrogens is 398 g/mol. The van der Waals surface area contributed by atoms with Crippen LogP contribution in [0.4, 0.5) is 0 Å². The summed E-state index contributed by atoms with van der Waals surface area (Å²) in [5.41, 5.74) is 11.8. The first-order valence-corrected chi connectivity index (χ1v) is 11.1. The number of aryl methyl sites for hydroxylation is 1. The maximum absolute atomic E-state index is 6.43. The van der Waals surface area contributed by atoms with Gasteiger partial charge in [-0.25, -0.2) is 4.98 Å². The van der Waals surface area contributed by atoms with Gasteiger partial charge in [0.15, 0.2) is 0 Å². The van der Waals surface area contributed by atoms with Gasteiger partial charge in [-0.05, 0) is 61.1 Å². The van der Waals surface area contributed by atoms with Crippen molar-refractivity contribution < 1.29 is 4.74 Å². The Labute approximate surface area is 189 Å². The highest BCUT2D eigenvalue weighted by molar-refractivity contribution is 6.02. The van der Waals surface area contributed by atoms with Crippen LogP contribution in [-0.4, -0.2) is 41.6 Å². The van der Waals surface area contributed by atoms with E-state index in [0.29, 0.717) is 6.54 Å². The average Bonchev–Trinajstić information content (AvgIpc) is 3.06. The molecule has 0 saturated carbocycles. The summed E-state index contributed by atoms with van der Waals surface area (Å²) in [4.78, 5) is 9.06. The second kappa shape index (κ2) is 10.3. The number of amidine groups is 1. The number of hydrogen-bond acceptors (Lipinski definition) is 5. The van der Waals surface area contributed by atoms with Crippen LogP contribution < -0.4 is 15.8 Å². The summed E-state index contributed by atoms with van der Waals surface area (Å²) in [5, 5.41) is 3.49. The molecule has 2 heterocycles. The number of ether oxygens (including phenoxy) is 1. The van der Waals surface area contributed by atoms with Crippen molar-refractivity contribution in [3.05, 3.63) is 83.5 Å². The predicted octanol–water partition coefficient (Wildman–Crippen LogP) is 4.12. The fourth-order valence-electron chi connectivity index (χ4n) is 3.91. The van der Waals surface area contributed by atoms with E-state index < -0.39 is 0 Å². The van der Waals surface area contributed by atoms with Gasteiger partial charge in [0.25, 0.3) is 0 Å². The van der Waals surface area contributed by atoms with Crippen LogP contribution in [0.3, 0.4) is 0 Å². The Balaban J connectivity index is 1.50. The Bertz CT molecular complexity index is 1100. The van der Waals surface area contributed by atoms with Crippen molar-refractivity contribution in [2.45, 2.75) is 32.2 Å². The molecule has 1 aromatic carbocycles. The van der Waals surface area contributed by atoms with E-state index in [0.717, 1.165) is 59.9 Å². The molecule has 6 nitrogen and oxygen atoms in total. The lowest BCUT2D eigenvalue weighted by molar-refractivity contribution is 0.413. The largest absolute Gasteiger partial charge is 0.495 e. The van der Waals surface area contributed by atoms with Crippen molar-refractivity contribution in [2.75, 3.05) is 20.2 Å². The second-order valence-corrected chi connectivity index (χ2v) is 8.08. The fraction of sp³-hybridized carbons (Fsp3) is 0.308. The smallest absolute Gasteiger partial charge is 0.143 e. The molecule has 0 bridgehead atoms. The first-order valence-electron chi connectivity index (χ1n) is 11.1. The number of hydrogen-bond donors (Lipinski definition) is 2. The number of benzene rings is 1. The van der Waals surface area contributed by atoms with E-state index in [4.69, 9.17) is 15.5 Å². The van der Waals surface area contributed by atoms with Gasteiger partial charge in [0.2, 0.25) is 0 Å². The number of allylic oxidation sites excluding steroid dienone is 4. The number of methoxy groups -OCH3 is 1. The molecule has 3 N–H and O–H groups in total. The molecule has 0 spiro atoms. The van der Waals surface area contributed by atoms with Crippen molar-refractivity contribution in [1.29, 1.82) is 0 Å². The monoisotopic (exact) mass is 429 g/mol.